The van der Waals surface area contributed by atoms with Gasteiger partial charge in [-0.1, -0.05) is 30.3 Å². The first-order chi connectivity index (χ1) is 13.7. The van der Waals surface area contributed by atoms with Gasteiger partial charge in [-0.3, -0.25) is 9.20 Å². The number of nitrogens with zero attached hydrogens (tertiary/aromatic N) is 3. The zero-order chi connectivity index (χ0) is 19.5. The molecule has 0 saturated heterocycles. The minimum atomic E-state index is -0.195. The van der Waals surface area contributed by atoms with Gasteiger partial charge in [-0.25, -0.2) is 9.48 Å². The number of fused-ring (bicyclic) bond motifs is 1. The fourth-order valence-electron chi connectivity index (χ4n) is 3.02. The summed E-state index contributed by atoms with van der Waals surface area (Å²) in [6.07, 6.45) is 3.64. The Morgan fingerprint density at radius 2 is 1.89 bits per heavy atom. The monoisotopic (exact) mass is 390 g/mol. The average Bonchev–Trinajstić information content (AvgIpc) is 3.04. The zero-order valence-corrected chi connectivity index (χ0v) is 16.0. The van der Waals surface area contributed by atoms with Crippen molar-refractivity contribution in [1.29, 1.82) is 0 Å². The van der Waals surface area contributed by atoms with E-state index in [4.69, 9.17) is 0 Å². The standard InChI is InChI=1S/C21H18N4O2S/c1-28-18-10-3-2-9-17(18)20(26)22-16-8-6-7-15(13-16)14-25-21(27)24-12-5-4-11-19(24)23-25/h2-13H,14H2,1H3,(H,22,26). The first-order valence-corrected chi connectivity index (χ1v) is 9.96. The maximum atomic E-state index is 12.6. The molecule has 7 heteroatoms. The Hall–Kier alpha value is -3.32. The predicted molar refractivity (Wildman–Crippen MR) is 111 cm³/mol. The fraction of sp³-hybridized carbons (Fsp3) is 0.0952. The molecule has 4 aromatic rings. The van der Waals surface area contributed by atoms with Crippen LogP contribution in [0.5, 0.6) is 0 Å². The maximum Gasteiger partial charge on any atom is 0.350 e. The van der Waals surface area contributed by atoms with Crippen LogP contribution in [-0.2, 0) is 6.54 Å². The third-order valence-electron chi connectivity index (χ3n) is 4.36. The Balaban J connectivity index is 1.57. The lowest BCUT2D eigenvalue weighted by Crippen LogP contribution is -2.21. The highest BCUT2D eigenvalue weighted by atomic mass is 32.2. The molecule has 140 valence electrons. The molecule has 0 saturated carbocycles. The normalized spacial score (nSPS) is 10.9. The van der Waals surface area contributed by atoms with Gasteiger partial charge >= 0.3 is 5.69 Å². The molecule has 1 amide bonds. The van der Waals surface area contributed by atoms with Gasteiger partial charge in [0.15, 0.2) is 5.65 Å². The summed E-state index contributed by atoms with van der Waals surface area (Å²) in [6, 6.07) is 20.4. The van der Waals surface area contributed by atoms with Crippen molar-refractivity contribution < 1.29 is 4.79 Å². The van der Waals surface area contributed by atoms with Crippen molar-refractivity contribution in [2.45, 2.75) is 11.4 Å². The van der Waals surface area contributed by atoms with Crippen LogP contribution in [0.1, 0.15) is 15.9 Å². The highest BCUT2D eigenvalue weighted by Gasteiger charge is 2.11. The Labute approximate surface area is 165 Å². The second-order valence-electron chi connectivity index (χ2n) is 6.22. The molecule has 0 bridgehead atoms. The highest BCUT2D eigenvalue weighted by Crippen LogP contribution is 2.21. The van der Waals surface area contributed by atoms with Gasteiger partial charge in [-0.15, -0.1) is 16.9 Å². The maximum absolute atomic E-state index is 12.6. The summed E-state index contributed by atoms with van der Waals surface area (Å²) in [5.74, 6) is -0.160. The number of aromatic nitrogens is 3. The summed E-state index contributed by atoms with van der Waals surface area (Å²) >= 11 is 1.53. The van der Waals surface area contributed by atoms with Crippen molar-refractivity contribution in [3.63, 3.8) is 0 Å². The van der Waals surface area contributed by atoms with Gasteiger partial charge in [0.25, 0.3) is 5.91 Å². The van der Waals surface area contributed by atoms with Crippen LogP contribution in [0.2, 0.25) is 0 Å². The van der Waals surface area contributed by atoms with Crippen LogP contribution in [0.4, 0.5) is 5.69 Å². The summed E-state index contributed by atoms with van der Waals surface area (Å²) in [5, 5.41) is 7.28. The van der Waals surface area contributed by atoms with Crippen molar-refractivity contribution in [2.24, 2.45) is 0 Å². The zero-order valence-electron chi connectivity index (χ0n) is 15.2. The lowest BCUT2D eigenvalue weighted by Gasteiger charge is -2.10. The van der Waals surface area contributed by atoms with Gasteiger partial charge in [-0.05, 0) is 48.2 Å². The molecule has 0 spiro atoms. The van der Waals surface area contributed by atoms with E-state index >= 15 is 0 Å². The third kappa shape index (κ3) is 3.57. The largest absolute Gasteiger partial charge is 0.350 e. The van der Waals surface area contributed by atoms with Crippen molar-refractivity contribution in [1.82, 2.24) is 14.2 Å². The molecule has 0 aliphatic heterocycles. The van der Waals surface area contributed by atoms with Crippen LogP contribution in [0.25, 0.3) is 5.65 Å². The molecule has 0 radical (unpaired) electrons. The van der Waals surface area contributed by atoms with Crippen molar-refractivity contribution in [2.75, 3.05) is 11.6 Å². The minimum Gasteiger partial charge on any atom is -0.322 e. The number of hydrogen-bond acceptors (Lipinski definition) is 4. The van der Waals surface area contributed by atoms with Gasteiger partial charge in [0.1, 0.15) is 0 Å². The van der Waals surface area contributed by atoms with Crippen molar-refractivity contribution in [3.05, 3.63) is 94.5 Å². The second kappa shape index (κ2) is 7.74. The Kier molecular flexibility index (Phi) is 4.99. The number of hydrogen-bond donors (Lipinski definition) is 1. The van der Waals surface area contributed by atoms with E-state index < -0.39 is 0 Å². The molecular weight excluding hydrogens is 372 g/mol. The minimum absolute atomic E-state index is 0.160. The van der Waals surface area contributed by atoms with Gasteiger partial charge < -0.3 is 5.32 Å². The van der Waals surface area contributed by atoms with Gasteiger partial charge in [-0.2, -0.15) is 0 Å². The van der Waals surface area contributed by atoms with Crippen molar-refractivity contribution >= 4 is 29.0 Å². The summed E-state index contributed by atoms with van der Waals surface area (Å²) in [5.41, 5.74) is 2.60. The van der Waals surface area contributed by atoms with E-state index in [0.717, 1.165) is 10.5 Å². The highest BCUT2D eigenvalue weighted by molar-refractivity contribution is 7.98. The fourth-order valence-corrected chi connectivity index (χ4v) is 3.62. The van der Waals surface area contributed by atoms with E-state index in [0.29, 0.717) is 23.4 Å². The summed E-state index contributed by atoms with van der Waals surface area (Å²) < 4.78 is 2.92. The number of anilines is 1. The lowest BCUT2D eigenvalue weighted by molar-refractivity contribution is 0.102. The summed E-state index contributed by atoms with van der Waals surface area (Å²) in [7, 11) is 0. The molecule has 0 aliphatic carbocycles. The number of nitrogens with one attached hydrogen (secondary N) is 1. The van der Waals surface area contributed by atoms with Crippen LogP contribution < -0.4 is 11.0 Å². The molecule has 0 unspecified atom stereocenters. The molecule has 2 aromatic heterocycles. The predicted octanol–water partition coefficient (Wildman–Crippen LogP) is 3.52. The molecule has 0 atom stereocenters. The smallest absolute Gasteiger partial charge is 0.322 e. The van der Waals surface area contributed by atoms with Crippen LogP contribution in [0, 0.1) is 0 Å². The first kappa shape index (κ1) is 18.1. The second-order valence-corrected chi connectivity index (χ2v) is 7.07. The third-order valence-corrected chi connectivity index (χ3v) is 5.15. The van der Waals surface area contributed by atoms with Crippen molar-refractivity contribution in [3.8, 4) is 0 Å². The molecule has 28 heavy (non-hydrogen) atoms. The molecule has 0 aliphatic rings. The Bertz CT molecular complexity index is 1210. The SMILES string of the molecule is CSc1ccccc1C(=O)Nc1cccc(Cn2nc3ccccn3c2=O)c1. The Morgan fingerprint density at radius 1 is 1.07 bits per heavy atom. The molecule has 2 heterocycles. The lowest BCUT2D eigenvalue weighted by atomic mass is 10.1. The average molecular weight is 390 g/mol. The molecule has 6 nitrogen and oxygen atoms in total. The molecule has 1 N–H and O–H groups in total. The van der Waals surface area contributed by atoms with Gasteiger partial charge in [0, 0.05) is 16.8 Å². The van der Waals surface area contributed by atoms with Crippen LogP contribution in [0.3, 0.4) is 0 Å². The van der Waals surface area contributed by atoms with Crippen LogP contribution in [0.15, 0.2) is 82.6 Å². The summed E-state index contributed by atoms with van der Waals surface area (Å²) in [4.78, 5) is 26.0. The molecule has 4 rings (SSSR count). The number of rotatable bonds is 5. The Morgan fingerprint density at radius 3 is 2.71 bits per heavy atom. The van der Waals surface area contributed by atoms with Gasteiger partial charge in [0.05, 0.1) is 12.1 Å². The van der Waals surface area contributed by atoms with E-state index in [1.54, 1.807) is 24.4 Å². The number of amides is 1. The molecule has 2 aromatic carbocycles. The van der Waals surface area contributed by atoms with E-state index in [2.05, 4.69) is 10.4 Å². The van der Waals surface area contributed by atoms with Crippen LogP contribution in [-0.4, -0.2) is 26.3 Å². The number of pyridine rings is 1. The van der Waals surface area contributed by atoms with E-state index in [9.17, 15) is 9.59 Å². The van der Waals surface area contributed by atoms with Crippen LogP contribution >= 0.6 is 11.8 Å². The van der Waals surface area contributed by atoms with E-state index in [1.165, 1.54) is 20.8 Å². The van der Waals surface area contributed by atoms with Gasteiger partial charge in [0.2, 0.25) is 0 Å². The molecule has 0 fully saturated rings. The quantitative estimate of drug-likeness (QED) is 0.530. The number of benzene rings is 2. The number of carbonyl (C=O) groups is 1. The molecular formula is C21H18N4O2S. The first-order valence-electron chi connectivity index (χ1n) is 8.73. The number of carbonyl (C=O) groups excluding carboxylic acids is 1. The van der Waals surface area contributed by atoms with E-state index in [-0.39, 0.29) is 11.6 Å². The number of thioether (sulfide) groups is 1. The summed E-state index contributed by atoms with van der Waals surface area (Å²) in [6.45, 7) is 0.325. The van der Waals surface area contributed by atoms with E-state index in [1.807, 2.05) is 54.8 Å². The topological polar surface area (TPSA) is 68.4 Å².